The second-order valence-corrected chi connectivity index (χ2v) is 2.42. The zero-order valence-electron chi connectivity index (χ0n) is 5.57. The molecule has 1 N–H and O–H groups in total. The number of hydrogen-bond donors (Lipinski definition) is 1. The fourth-order valence-corrected chi connectivity index (χ4v) is 0.913. The van der Waals surface area contributed by atoms with E-state index in [4.69, 9.17) is 16.8 Å². The molecule has 11 heavy (non-hydrogen) atoms. The maximum absolute atomic E-state index is 10.1. The van der Waals surface area contributed by atoms with Gasteiger partial charge in [0.05, 0.1) is 0 Å². The third kappa shape index (κ3) is 2.47. The summed E-state index contributed by atoms with van der Waals surface area (Å²) < 4.78 is 0. The average Bonchev–Trinajstić information content (AvgIpc) is 1.85. The van der Waals surface area contributed by atoms with Crippen LogP contribution in [0.1, 0.15) is 5.56 Å². The highest BCUT2D eigenvalue weighted by molar-refractivity contribution is 6.30. The summed E-state index contributed by atoms with van der Waals surface area (Å²) >= 11 is 5.61. The first-order valence-electron chi connectivity index (χ1n) is 2.94. The van der Waals surface area contributed by atoms with Gasteiger partial charge in [-0.1, -0.05) is 17.7 Å². The van der Waals surface area contributed by atoms with Crippen molar-refractivity contribution in [2.24, 2.45) is 0 Å². The molecule has 0 aliphatic carbocycles. The van der Waals surface area contributed by atoms with Gasteiger partial charge in [-0.3, -0.25) is 5.21 Å². The highest BCUT2D eigenvalue weighted by Crippen LogP contribution is 2.08. The predicted molar refractivity (Wildman–Crippen MR) is 42.0 cm³/mol. The quantitative estimate of drug-likeness (QED) is 0.302. The highest BCUT2D eigenvalue weighted by atomic mass is 35.5. The predicted octanol–water partition coefficient (Wildman–Crippen LogP) is 1.66. The summed E-state index contributed by atoms with van der Waals surface area (Å²) in [4.78, 5) is -0.258. The average molecular weight is 172 g/mol. The zero-order chi connectivity index (χ0) is 8.27. The Morgan fingerprint density at radius 2 is 2.27 bits per heavy atom. The van der Waals surface area contributed by atoms with Crippen LogP contribution in [0.5, 0.6) is 0 Å². The summed E-state index contributed by atoms with van der Waals surface area (Å²) in [6.07, 6.45) is 1.02. The molecule has 0 atom stereocenters. The van der Waals surface area contributed by atoms with Crippen molar-refractivity contribution in [2.75, 3.05) is 0 Å². The highest BCUT2D eigenvalue weighted by Gasteiger charge is 1.94. The first-order valence-corrected chi connectivity index (χ1v) is 3.32. The molecule has 0 aromatic heterocycles. The van der Waals surface area contributed by atoms with Gasteiger partial charge in [0.25, 0.3) is 0 Å². The molecular weight excluding hydrogens is 166 g/mol. The maximum atomic E-state index is 10.1. The summed E-state index contributed by atoms with van der Waals surface area (Å²) in [5, 5.41) is 18.9. The molecule has 0 unspecified atom stereocenters. The van der Waals surface area contributed by atoms with Crippen molar-refractivity contribution in [3.05, 3.63) is 40.1 Å². The maximum Gasteiger partial charge on any atom is 0.240 e. The second kappa shape index (κ2) is 3.25. The Morgan fingerprint density at radius 3 is 2.82 bits per heavy atom. The standard InChI is InChI=1S/C7H6ClNO2/c8-7-3-1-2-6(4-7)5-9(10)11/h1-5H,(H,10,11). The molecule has 1 aromatic carbocycles. The van der Waals surface area contributed by atoms with E-state index in [1.807, 2.05) is 0 Å². The molecule has 0 aliphatic heterocycles. The fraction of sp³-hybridized carbons (Fsp3) is 0. The first kappa shape index (κ1) is 7.88. The SMILES string of the molecule is [O-]/[N+](O)=C\c1cccc(Cl)c1. The molecule has 0 heterocycles. The van der Waals surface area contributed by atoms with Crippen molar-refractivity contribution < 1.29 is 10.1 Å². The molecule has 4 heteroatoms. The minimum Gasteiger partial charge on any atom is -0.418 e. The molecule has 0 saturated heterocycles. The first-order chi connectivity index (χ1) is 5.18. The lowest BCUT2D eigenvalue weighted by Crippen LogP contribution is -1.97. The summed E-state index contributed by atoms with van der Waals surface area (Å²) in [6, 6.07) is 6.61. The lowest BCUT2D eigenvalue weighted by atomic mass is 10.2. The largest absolute Gasteiger partial charge is 0.418 e. The molecule has 58 valence electrons. The molecule has 1 rings (SSSR count). The minimum absolute atomic E-state index is 0.258. The fourth-order valence-electron chi connectivity index (χ4n) is 0.714. The number of rotatable bonds is 1. The van der Waals surface area contributed by atoms with Gasteiger partial charge in [-0.15, -0.1) is 0 Å². The van der Waals surface area contributed by atoms with Crippen molar-refractivity contribution in [1.29, 1.82) is 0 Å². The van der Waals surface area contributed by atoms with Gasteiger partial charge >= 0.3 is 0 Å². The van der Waals surface area contributed by atoms with E-state index >= 15 is 0 Å². The van der Waals surface area contributed by atoms with Crippen LogP contribution in [0.4, 0.5) is 0 Å². The van der Waals surface area contributed by atoms with Crippen LogP contribution in [0.25, 0.3) is 0 Å². The second-order valence-electron chi connectivity index (χ2n) is 1.99. The lowest BCUT2D eigenvalue weighted by Gasteiger charge is -1.90. The van der Waals surface area contributed by atoms with E-state index in [0.29, 0.717) is 10.6 Å². The zero-order valence-corrected chi connectivity index (χ0v) is 6.32. The van der Waals surface area contributed by atoms with Gasteiger partial charge in [0, 0.05) is 15.5 Å². The summed E-state index contributed by atoms with van der Waals surface area (Å²) in [6.45, 7) is 0. The van der Waals surface area contributed by atoms with E-state index in [2.05, 4.69) is 0 Å². The minimum atomic E-state index is -0.258. The third-order valence-corrected chi connectivity index (χ3v) is 1.34. The number of halogens is 1. The van der Waals surface area contributed by atoms with Crippen LogP contribution < -0.4 is 0 Å². The molecule has 0 bridgehead atoms. The van der Waals surface area contributed by atoms with Crippen LogP contribution in [-0.2, 0) is 0 Å². The molecular formula is C7H6ClNO2. The van der Waals surface area contributed by atoms with Crippen LogP contribution in [0.2, 0.25) is 5.02 Å². The van der Waals surface area contributed by atoms with Gasteiger partial charge in [-0.25, -0.2) is 0 Å². The van der Waals surface area contributed by atoms with E-state index in [0.717, 1.165) is 6.21 Å². The number of hydrogen-bond acceptors (Lipinski definition) is 2. The molecule has 0 radical (unpaired) electrons. The Kier molecular flexibility index (Phi) is 2.33. The Labute approximate surface area is 68.7 Å². The normalized spacial score (nSPS) is 11.5. The summed E-state index contributed by atoms with van der Waals surface area (Å²) in [5.41, 5.74) is 0.565. The van der Waals surface area contributed by atoms with Crippen molar-refractivity contribution >= 4 is 17.8 Å². The van der Waals surface area contributed by atoms with Crippen molar-refractivity contribution in [1.82, 2.24) is 0 Å². The van der Waals surface area contributed by atoms with Gasteiger partial charge in [-0.2, -0.15) is 0 Å². The Hall–Kier alpha value is -1.22. The van der Waals surface area contributed by atoms with Crippen LogP contribution in [0.3, 0.4) is 0 Å². The topological polar surface area (TPSA) is 46.3 Å². The van der Waals surface area contributed by atoms with Crippen LogP contribution in [0, 0.1) is 5.21 Å². The van der Waals surface area contributed by atoms with Gasteiger partial charge in [-0.05, 0) is 18.2 Å². The van der Waals surface area contributed by atoms with Crippen LogP contribution in [-0.4, -0.2) is 16.3 Å². The third-order valence-electron chi connectivity index (χ3n) is 1.11. The van der Waals surface area contributed by atoms with E-state index in [1.165, 1.54) is 0 Å². The smallest absolute Gasteiger partial charge is 0.240 e. The lowest BCUT2D eigenvalue weighted by molar-refractivity contribution is -0.722. The summed E-state index contributed by atoms with van der Waals surface area (Å²) in [5.74, 6) is 0. The molecule has 0 saturated carbocycles. The summed E-state index contributed by atoms with van der Waals surface area (Å²) in [7, 11) is 0. The number of benzene rings is 1. The van der Waals surface area contributed by atoms with E-state index in [1.54, 1.807) is 24.3 Å². The molecule has 0 amide bonds. The van der Waals surface area contributed by atoms with Crippen molar-refractivity contribution in [2.45, 2.75) is 0 Å². The van der Waals surface area contributed by atoms with Gasteiger partial charge in [0.15, 0.2) is 0 Å². The van der Waals surface area contributed by atoms with E-state index in [9.17, 15) is 5.21 Å². The molecule has 0 fully saturated rings. The molecule has 0 spiro atoms. The molecule has 0 aliphatic rings. The Bertz CT molecular complexity index is 282. The van der Waals surface area contributed by atoms with Gasteiger partial charge < -0.3 is 5.21 Å². The van der Waals surface area contributed by atoms with Crippen molar-refractivity contribution in [3.63, 3.8) is 0 Å². The monoisotopic (exact) mass is 171 g/mol. The van der Waals surface area contributed by atoms with Gasteiger partial charge in [0.1, 0.15) is 0 Å². The number of nitrogens with zero attached hydrogens (tertiary/aromatic N) is 1. The Morgan fingerprint density at radius 1 is 1.55 bits per heavy atom. The van der Waals surface area contributed by atoms with Crippen LogP contribution in [0.15, 0.2) is 24.3 Å². The van der Waals surface area contributed by atoms with E-state index in [-0.39, 0.29) is 4.90 Å². The van der Waals surface area contributed by atoms with E-state index < -0.39 is 0 Å². The van der Waals surface area contributed by atoms with Gasteiger partial charge in [0.2, 0.25) is 6.21 Å². The van der Waals surface area contributed by atoms with Crippen LogP contribution >= 0.6 is 11.6 Å². The van der Waals surface area contributed by atoms with Crippen molar-refractivity contribution in [3.8, 4) is 0 Å². The molecule has 1 aromatic rings. The molecule has 3 nitrogen and oxygen atoms in total. The Balaban J connectivity index is 2.97.